The molecule has 1 fully saturated rings. The Bertz CT molecular complexity index is 424. The van der Waals surface area contributed by atoms with Gasteiger partial charge in [0.15, 0.2) is 0 Å². The standard InChI is InChI=1S/C14H24N2O6/c1-14(2,11(19)12(20)15-6-4-8-17)9-22-13(21)16-7-3-5-10(16)18/h11,17,19H,3-9H2,1-2H3,(H,15,20). The van der Waals surface area contributed by atoms with Crippen LogP contribution in [0.3, 0.4) is 0 Å². The number of aliphatic hydroxyl groups excluding tert-OH is 2. The number of ether oxygens (including phenoxy) is 1. The van der Waals surface area contributed by atoms with Crippen molar-refractivity contribution in [3.05, 3.63) is 0 Å². The van der Waals surface area contributed by atoms with Gasteiger partial charge >= 0.3 is 6.09 Å². The van der Waals surface area contributed by atoms with Gasteiger partial charge in [-0.05, 0) is 12.8 Å². The van der Waals surface area contributed by atoms with E-state index in [0.717, 1.165) is 4.90 Å². The van der Waals surface area contributed by atoms with Gasteiger partial charge in [-0.3, -0.25) is 9.59 Å². The Kier molecular flexibility index (Phi) is 6.76. The van der Waals surface area contributed by atoms with Crippen molar-refractivity contribution in [1.29, 1.82) is 0 Å². The summed E-state index contributed by atoms with van der Waals surface area (Å²) in [5.41, 5.74) is -0.998. The van der Waals surface area contributed by atoms with Gasteiger partial charge in [-0.1, -0.05) is 13.8 Å². The lowest BCUT2D eigenvalue weighted by Crippen LogP contribution is -2.47. The Morgan fingerprint density at radius 2 is 2.14 bits per heavy atom. The van der Waals surface area contributed by atoms with Crippen LogP contribution < -0.4 is 5.32 Å². The zero-order chi connectivity index (χ0) is 16.8. The Morgan fingerprint density at radius 3 is 2.68 bits per heavy atom. The maximum atomic E-state index is 11.8. The molecule has 3 N–H and O–H groups in total. The molecular formula is C14H24N2O6. The van der Waals surface area contributed by atoms with Gasteiger partial charge in [-0.15, -0.1) is 0 Å². The molecular weight excluding hydrogens is 292 g/mol. The summed E-state index contributed by atoms with van der Waals surface area (Å²) in [5.74, 6) is -0.864. The lowest BCUT2D eigenvalue weighted by molar-refractivity contribution is -0.138. The van der Waals surface area contributed by atoms with Crippen LogP contribution in [0.1, 0.15) is 33.1 Å². The lowest BCUT2D eigenvalue weighted by Gasteiger charge is -2.29. The number of hydrogen-bond donors (Lipinski definition) is 3. The average molecular weight is 316 g/mol. The molecule has 1 aliphatic heterocycles. The summed E-state index contributed by atoms with van der Waals surface area (Å²) in [6, 6.07) is 0. The molecule has 0 aromatic heterocycles. The van der Waals surface area contributed by atoms with Gasteiger partial charge in [0.25, 0.3) is 0 Å². The summed E-state index contributed by atoms with van der Waals surface area (Å²) in [6.45, 7) is 3.52. The first-order chi connectivity index (χ1) is 10.3. The normalized spacial score (nSPS) is 16.5. The van der Waals surface area contributed by atoms with Gasteiger partial charge in [-0.2, -0.15) is 0 Å². The monoisotopic (exact) mass is 316 g/mol. The second-order valence-electron chi connectivity index (χ2n) is 5.96. The van der Waals surface area contributed by atoms with Crippen molar-refractivity contribution >= 4 is 17.9 Å². The number of carbonyl (C=O) groups is 3. The van der Waals surface area contributed by atoms with E-state index in [2.05, 4.69) is 5.32 Å². The van der Waals surface area contributed by atoms with Gasteiger partial charge < -0.3 is 20.3 Å². The van der Waals surface area contributed by atoms with Gasteiger partial charge in [0.2, 0.25) is 11.8 Å². The second kappa shape index (κ2) is 8.09. The smallest absolute Gasteiger partial charge is 0.416 e. The summed E-state index contributed by atoms with van der Waals surface area (Å²) in [6.07, 6.45) is -0.774. The third-order valence-electron chi connectivity index (χ3n) is 3.48. The minimum absolute atomic E-state index is 0.0543. The number of carbonyl (C=O) groups excluding carboxylic acids is 3. The third kappa shape index (κ3) is 4.96. The molecule has 1 aliphatic rings. The molecule has 0 aromatic rings. The van der Waals surface area contributed by atoms with E-state index in [-0.39, 0.29) is 25.7 Å². The molecule has 1 unspecified atom stereocenters. The van der Waals surface area contributed by atoms with E-state index in [1.54, 1.807) is 13.8 Å². The molecule has 8 nitrogen and oxygen atoms in total. The van der Waals surface area contributed by atoms with Gasteiger partial charge in [0, 0.05) is 31.5 Å². The van der Waals surface area contributed by atoms with E-state index in [0.29, 0.717) is 25.8 Å². The molecule has 0 radical (unpaired) electrons. The molecule has 1 heterocycles. The van der Waals surface area contributed by atoms with Crippen LogP contribution in [-0.4, -0.2) is 65.4 Å². The molecule has 126 valence electrons. The summed E-state index contributed by atoms with van der Waals surface area (Å²) in [5, 5.41) is 21.2. The third-order valence-corrected chi connectivity index (χ3v) is 3.48. The Hall–Kier alpha value is -1.67. The Labute approximate surface area is 129 Å². The van der Waals surface area contributed by atoms with E-state index >= 15 is 0 Å². The van der Waals surface area contributed by atoms with Crippen LogP contribution in [-0.2, 0) is 14.3 Å². The van der Waals surface area contributed by atoms with Crippen molar-refractivity contribution in [3.8, 4) is 0 Å². The van der Waals surface area contributed by atoms with Crippen molar-refractivity contribution in [2.75, 3.05) is 26.3 Å². The summed E-state index contributed by atoms with van der Waals surface area (Å²) >= 11 is 0. The minimum Gasteiger partial charge on any atom is -0.448 e. The number of nitrogens with zero attached hydrogens (tertiary/aromatic N) is 1. The maximum Gasteiger partial charge on any atom is 0.416 e. The van der Waals surface area contributed by atoms with Crippen molar-refractivity contribution in [3.63, 3.8) is 0 Å². The van der Waals surface area contributed by atoms with Gasteiger partial charge in [0.05, 0.1) is 0 Å². The van der Waals surface area contributed by atoms with Crippen LogP contribution >= 0.6 is 0 Å². The van der Waals surface area contributed by atoms with Crippen molar-refractivity contribution in [2.24, 2.45) is 5.41 Å². The molecule has 3 amide bonds. The number of hydrogen-bond acceptors (Lipinski definition) is 6. The zero-order valence-electron chi connectivity index (χ0n) is 13.0. The summed E-state index contributed by atoms with van der Waals surface area (Å²) in [4.78, 5) is 36.0. The Morgan fingerprint density at radius 1 is 1.45 bits per heavy atom. The van der Waals surface area contributed by atoms with Crippen molar-refractivity contribution < 1.29 is 29.3 Å². The van der Waals surface area contributed by atoms with E-state index in [9.17, 15) is 19.5 Å². The maximum absolute atomic E-state index is 11.8. The molecule has 1 rings (SSSR count). The fraction of sp³-hybridized carbons (Fsp3) is 0.786. The van der Waals surface area contributed by atoms with E-state index in [1.807, 2.05) is 0 Å². The molecule has 8 heteroatoms. The predicted octanol–water partition coefficient (Wildman–Crippen LogP) is -0.369. The van der Waals surface area contributed by atoms with Crippen LogP contribution in [0.4, 0.5) is 4.79 Å². The number of aliphatic hydroxyl groups is 2. The van der Waals surface area contributed by atoms with Crippen LogP contribution in [0.2, 0.25) is 0 Å². The largest absolute Gasteiger partial charge is 0.448 e. The van der Waals surface area contributed by atoms with Crippen LogP contribution in [0.25, 0.3) is 0 Å². The topological polar surface area (TPSA) is 116 Å². The fourth-order valence-electron chi connectivity index (χ4n) is 1.99. The Balaban J connectivity index is 2.46. The number of amides is 3. The lowest BCUT2D eigenvalue weighted by atomic mass is 9.87. The van der Waals surface area contributed by atoms with Gasteiger partial charge in [0.1, 0.15) is 12.7 Å². The number of likely N-dealkylation sites (tertiary alicyclic amines) is 1. The molecule has 1 saturated heterocycles. The van der Waals surface area contributed by atoms with Crippen LogP contribution in [0.15, 0.2) is 0 Å². The van der Waals surface area contributed by atoms with Crippen LogP contribution in [0.5, 0.6) is 0 Å². The highest BCUT2D eigenvalue weighted by Crippen LogP contribution is 2.22. The first-order valence-corrected chi connectivity index (χ1v) is 7.33. The second-order valence-corrected chi connectivity index (χ2v) is 5.96. The van der Waals surface area contributed by atoms with Crippen molar-refractivity contribution in [2.45, 2.75) is 39.2 Å². The molecule has 0 spiro atoms. The highest BCUT2D eigenvalue weighted by molar-refractivity contribution is 5.93. The number of nitrogens with one attached hydrogen (secondary N) is 1. The first kappa shape index (κ1) is 18.4. The van der Waals surface area contributed by atoms with Crippen LogP contribution in [0, 0.1) is 5.41 Å². The predicted molar refractivity (Wildman–Crippen MR) is 76.8 cm³/mol. The number of imide groups is 1. The summed E-state index contributed by atoms with van der Waals surface area (Å²) in [7, 11) is 0. The quantitative estimate of drug-likeness (QED) is 0.552. The molecule has 1 atom stereocenters. The highest BCUT2D eigenvalue weighted by atomic mass is 16.6. The van der Waals surface area contributed by atoms with E-state index in [1.165, 1.54) is 0 Å². The molecule has 0 aromatic carbocycles. The van der Waals surface area contributed by atoms with Crippen molar-refractivity contribution in [1.82, 2.24) is 10.2 Å². The minimum atomic E-state index is -1.37. The average Bonchev–Trinajstić information content (AvgIpc) is 2.90. The molecule has 0 bridgehead atoms. The highest BCUT2D eigenvalue weighted by Gasteiger charge is 2.36. The fourth-order valence-corrected chi connectivity index (χ4v) is 1.99. The zero-order valence-corrected chi connectivity index (χ0v) is 13.0. The number of rotatable bonds is 7. The molecule has 0 aliphatic carbocycles. The molecule has 22 heavy (non-hydrogen) atoms. The SMILES string of the molecule is CC(C)(COC(=O)N1CCCC1=O)C(O)C(=O)NCCCO. The molecule has 0 saturated carbocycles. The first-order valence-electron chi connectivity index (χ1n) is 7.33. The van der Waals surface area contributed by atoms with E-state index in [4.69, 9.17) is 9.84 Å². The van der Waals surface area contributed by atoms with E-state index < -0.39 is 23.5 Å². The summed E-state index contributed by atoms with van der Waals surface area (Å²) < 4.78 is 5.04. The van der Waals surface area contributed by atoms with Gasteiger partial charge in [-0.25, -0.2) is 9.69 Å².